The summed E-state index contributed by atoms with van der Waals surface area (Å²) in [6.45, 7) is 8.42. The van der Waals surface area contributed by atoms with Gasteiger partial charge in [-0.15, -0.1) is 0 Å². The Kier molecular flexibility index (Phi) is 7.51. The molecule has 0 aliphatic rings. The van der Waals surface area contributed by atoms with Crippen molar-refractivity contribution in [3.63, 3.8) is 0 Å². The third-order valence-corrected chi connectivity index (χ3v) is 3.30. The molecule has 1 aromatic rings. The number of ether oxygens (including phenoxy) is 2. The molecule has 0 amide bonds. The third-order valence-electron chi connectivity index (χ3n) is 2.56. The molecule has 110 valence electrons. The molecular formula is C15H20BrNO3. The van der Waals surface area contributed by atoms with Crippen LogP contribution < -0.4 is 5.32 Å². The van der Waals surface area contributed by atoms with Crippen LogP contribution in [0.1, 0.15) is 22.8 Å². The maximum atomic E-state index is 11.4. The van der Waals surface area contributed by atoms with E-state index in [0.29, 0.717) is 25.3 Å². The number of carbonyl (C=O) groups excluding carboxylic acids is 1. The van der Waals surface area contributed by atoms with E-state index >= 15 is 0 Å². The van der Waals surface area contributed by atoms with E-state index in [2.05, 4.69) is 32.6 Å². The van der Waals surface area contributed by atoms with Gasteiger partial charge >= 0.3 is 5.97 Å². The van der Waals surface area contributed by atoms with Crippen molar-refractivity contribution in [1.29, 1.82) is 0 Å². The monoisotopic (exact) mass is 341 g/mol. The van der Waals surface area contributed by atoms with Crippen LogP contribution in [-0.2, 0) is 16.0 Å². The van der Waals surface area contributed by atoms with Crippen molar-refractivity contribution in [1.82, 2.24) is 5.32 Å². The van der Waals surface area contributed by atoms with E-state index < -0.39 is 0 Å². The van der Waals surface area contributed by atoms with Crippen LogP contribution in [0.5, 0.6) is 0 Å². The molecule has 0 spiro atoms. The molecule has 0 bridgehead atoms. The molecule has 0 atom stereocenters. The van der Waals surface area contributed by atoms with Crippen LogP contribution in [0.25, 0.3) is 0 Å². The Morgan fingerprint density at radius 2 is 2.20 bits per heavy atom. The van der Waals surface area contributed by atoms with Crippen molar-refractivity contribution >= 4 is 21.9 Å². The zero-order valence-electron chi connectivity index (χ0n) is 11.9. The van der Waals surface area contributed by atoms with E-state index in [9.17, 15) is 4.79 Å². The van der Waals surface area contributed by atoms with E-state index in [1.165, 1.54) is 7.11 Å². The second-order valence-corrected chi connectivity index (χ2v) is 5.34. The molecule has 0 unspecified atom stereocenters. The largest absolute Gasteiger partial charge is 0.465 e. The predicted molar refractivity (Wildman–Crippen MR) is 82.8 cm³/mol. The summed E-state index contributed by atoms with van der Waals surface area (Å²) in [6.07, 6.45) is 0. The smallest absolute Gasteiger partial charge is 0.337 e. The van der Waals surface area contributed by atoms with Gasteiger partial charge in [0, 0.05) is 17.6 Å². The molecule has 0 saturated carbocycles. The van der Waals surface area contributed by atoms with Gasteiger partial charge in [0.15, 0.2) is 0 Å². The maximum Gasteiger partial charge on any atom is 0.337 e. The minimum atomic E-state index is -0.335. The molecule has 0 radical (unpaired) electrons. The molecule has 1 aromatic carbocycles. The van der Waals surface area contributed by atoms with Crippen LogP contribution in [0.4, 0.5) is 0 Å². The molecule has 0 aliphatic carbocycles. The number of nitrogens with one attached hydrogen (secondary N) is 1. The Morgan fingerprint density at radius 3 is 2.80 bits per heavy atom. The Hall–Kier alpha value is -1.17. The highest BCUT2D eigenvalue weighted by Gasteiger charge is 2.08. The average Bonchev–Trinajstić information content (AvgIpc) is 2.42. The maximum absolute atomic E-state index is 11.4. The van der Waals surface area contributed by atoms with E-state index in [4.69, 9.17) is 4.74 Å². The summed E-state index contributed by atoms with van der Waals surface area (Å²) in [6, 6.07) is 5.42. The minimum Gasteiger partial charge on any atom is -0.465 e. The van der Waals surface area contributed by atoms with E-state index in [1.807, 2.05) is 13.0 Å². The molecular weight excluding hydrogens is 322 g/mol. The topological polar surface area (TPSA) is 47.6 Å². The zero-order chi connectivity index (χ0) is 15.0. The summed E-state index contributed by atoms with van der Waals surface area (Å²) < 4.78 is 11.0. The van der Waals surface area contributed by atoms with Crippen molar-refractivity contribution in [2.45, 2.75) is 13.5 Å². The van der Waals surface area contributed by atoms with Gasteiger partial charge in [-0.1, -0.05) is 34.1 Å². The van der Waals surface area contributed by atoms with Gasteiger partial charge in [0.1, 0.15) is 0 Å². The highest BCUT2D eigenvalue weighted by Crippen LogP contribution is 2.19. The lowest BCUT2D eigenvalue weighted by molar-refractivity contribution is 0.0600. The lowest BCUT2D eigenvalue weighted by Crippen LogP contribution is -2.20. The molecule has 0 heterocycles. The van der Waals surface area contributed by atoms with Gasteiger partial charge in [-0.2, -0.15) is 0 Å². The number of benzene rings is 1. The zero-order valence-corrected chi connectivity index (χ0v) is 13.5. The second-order valence-electron chi connectivity index (χ2n) is 4.48. The van der Waals surface area contributed by atoms with E-state index in [1.54, 1.807) is 12.1 Å². The van der Waals surface area contributed by atoms with Crippen LogP contribution in [0.15, 0.2) is 34.8 Å². The Morgan fingerprint density at radius 1 is 1.45 bits per heavy atom. The second kappa shape index (κ2) is 8.89. The summed E-state index contributed by atoms with van der Waals surface area (Å²) in [4.78, 5) is 11.4. The Bertz CT molecular complexity index is 474. The first kappa shape index (κ1) is 16.9. The van der Waals surface area contributed by atoms with Gasteiger partial charge in [-0.25, -0.2) is 4.79 Å². The molecule has 0 saturated heterocycles. The molecule has 5 heteroatoms. The highest BCUT2D eigenvalue weighted by atomic mass is 79.9. The minimum absolute atomic E-state index is 0.335. The number of carbonyl (C=O) groups is 1. The van der Waals surface area contributed by atoms with Crippen molar-refractivity contribution in [3.8, 4) is 0 Å². The van der Waals surface area contributed by atoms with Gasteiger partial charge in [0.05, 0.1) is 25.9 Å². The number of methoxy groups -OCH3 is 1. The average molecular weight is 342 g/mol. The van der Waals surface area contributed by atoms with Gasteiger partial charge in [0.2, 0.25) is 0 Å². The highest BCUT2D eigenvalue weighted by molar-refractivity contribution is 9.10. The van der Waals surface area contributed by atoms with Crippen molar-refractivity contribution < 1.29 is 14.3 Å². The fourth-order valence-electron chi connectivity index (χ4n) is 1.55. The molecule has 0 aromatic heterocycles. The van der Waals surface area contributed by atoms with Crippen LogP contribution in [0.2, 0.25) is 0 Å². The first-order valence-corrected chi connectivity index (χ1v) is 7.13. The summed E-state index contributed by atoms with van der Waals surface area (Å²) in [5.74, 6) is -0.335. The van der Waals surface area contributed by atoms with Gasteiger partial charge in [-0.05, 0) is 24.6 Å². The molecule has 1 N–H and O–H groups in total. The van der Waals surface area contributed by atoms with E-state index in [0.717, 1.165) is 22.2 Å². The number of hydrogen-bond donors (Lipinski definition) is 1. The lowest BCUT2D eigenvalue weighted by Gasteiger charge is -2.09. The van der Waals surface area contributed by atoms with Crippen LogP contribution in [0, 0.1) is 0 Å². The van der Waals surface area contributed by atoms with Gasteiger partial charge < -0.3 is 14.8 Å². The summed E-state index contributed by atoms with van der Waals surface area (Å²) in [7, 11) is 1.37. The molecule has 20 heavy (non-hydrogen) atoms. The van der Waals surface area contributed by atoms with Gasteiger partial charge in [-0.3, -0.25) is 0 Å². The SMILES string of the molecule is C=C(C)COCCNCc1ccc(C(=O)OC)cc1Br. The summed E-state index contributed by atoms with van der Waals surface area (Å²) >= 11 is 3.46. The molecule has 4 nitrogen and oxygen atoms in total. The number of hydrogen-bond acceptors (Lipinski definition) is 4. The first-order chi connectivity index (χ1) is 9.54. The van der Waals surface area contributed by atoms with Crippen molar-refractivity contribution in [2.75, 3.05) is 26.9 Å². The van der Waals surface area contributed by atoms with Crippen LogP contribution >= 0.6 is 15.9 Å². The summed E-state index contributed by atoms with van der Waals surface area (Å²) in [5, 5.41) is 3.28. The Labute approximate surface area is 128 Å². The molecule has 0 aliphatic heterocycles. The van der Waals surface area contributed by atoms with Crippen molar-refractivity contribution in [2.24, 2.45) is 0 Å². The standard InChI is InChI=1S/C15H20BrNO3/c1-11(2)10-20-7-6-17-9-13-5-4-12(8-14(13)16)15(18)19-3/h4-5,8,17H,1,6-7,9-10H2,2-3H3. The molecule has 1 rings (SSSR count). The van der Waals surface area contributed by atoms with Gasteiger partial charge in [0.25, 0.3) is 0 Å². The number of esters is 1. The summed E-state index contributed by atoms with van der Waals surface area (Å²) in [5.41, 5.74) is 2.64. The van der Waals surface area contributed by atoms with Crippen LogP contribution in [0.3, 0.4) is 0 Å². The Balaban J connectivity index is 2.37. The fourth-order valence-corrected chi connectivity index (χ4v) is 2.07. The van der Waals surface area contributed by atoms with Crippen molar-refractivity contribution in [3.05, 3.63) is 46.0 Å². The quantitative estimate of drug-likeness (QED) is 0.448. The predicted octanol–water partition coefficient (Wildman–Crippen LogP) is 2.92. The molecule has 0 fully saturated rings. The first-order valence-electron chi connectivity index (χ1n) is 6.34. The number of halogens is 1. The lowest BCUT2D eigenvalue weighted by atomic mass is 10.1. The normalized spacial score (nSPS) is 10.3. The third kappa shape index (κ3) is 5.86. The van der Waals surface area contributed by atoms with Crippen LogP contribution in [-0.4, -0.2) is 32.8 Å². The fraction of sp³-hybridized carbons (Fsp3) is 0.400. The number of rotatable bonds is 8. The van der Waals surface area contributed by atoms with E-state index in [-0.39, 0.29) is 5.97 Å².